The van der Waals surface area contributed by atoms with E-state index in [0.29, 0.717) is 6.61 Å². The first-order valence-corrected chi connectivity index (χ1v) is 5.11. The van der Waals surface area contributed by atoms with Crippen LogP contribution in [-0.2, 0) is 4.74 Å². The first-order chi connectivity index (χ1) is 7.16. The summed E-state index contributed by atoms with van der Waals surface area (Å²) in [6.45, 7) is 2.62. The molecular weight excluding hydrogens is 221 g/mol. The number of halogens is 2. The molecule has 1 saturated heterocycles. The Morgan fingerprint density at radius 2 is 2.47 bits per heavy atom. The number of hydrogen-bond acceptors (Lipinski definition) is 4. The molecule has 15 heavy (non-hydrogen) atoms. The summed E-state index contributed by atoms with van der Waals surface area (Å²) >= 11 is 5.58. The molecule has 2 rings (SSSR count). The fraction of sp³-hybridized carbons (Fsp3) is 0.556. The van der Waals surface area contributed by atoms with Gasteiger partial charge in [0.05, 0.1) is 18.3 Å². The molecule has 1 aromatic rings. The van der Waals surface area contributed by atoms with E-state index in [2.05, 4.69) is 15.3 Å². The van der Waals surface area contributed by atoms with Crippen LogP contribution in [0.1, 0.15) is 13.3 Å². The lowest BCUT2D eigenvalue weighted by Crippen LogP contribution is -2.27. The van der Waals surface area contributed by atoms with Crippen molar-refractivity contribution < 1.29 is 9.13 Å². The van der Waals surface area contributed by atoms with Gasteiger partial charge in [0, 0.05) is 6.61 Å². The van der Waals surface area contributed by atoms with Gasteiger partial charge in [-0.1, -0.05) is 0 Å². The third-order valence-electron chi connectivity index (χ3n) is 2.41. The molecule has 6 heteroatoms. The van der Waals surface area contributed by atoms with E-state index in [9.17, 15) is 4.39 Å². The van der Waals surface area contributed by atoms with Crippen LogP contribution in [0, 0.1) is 5.82 Å². The molecule has 0 amide bonds. The molecule has 1 N–H and O–H groups in total. The second-order valence-electron chi connectivity index (χ2n) is 3.45. The first-order valence-electron chi connectivity index (χ1n) is 4.73. The minimum absolute atomic E-state index is 0.0328. The number of aromatic nitrogens is 2. The number of nitrogens with zero attached hydrogens (tertiary/aromatic N) is 2. The second kappa shape index (κ2) is 4.28. The van der Waals surface area contributed by atoms with Crippen LogP contribution in [0.4, 0.5) is 10.2 Å². The van der Waals surface area contributed by atoms with E-state index in [4.69, 9.17) is 16.3 Å². The summed E-state index contributed by atoms with van der Waals surface area (Å²) in [5.74, 6) is -0.365. The normalized spacial score (nSPS) is 25.5. The number of hydrogen-bond donors (Lipinski definition) is 1. The minimum Gasteiger partial charge on any atom is -0.376 e. The summed E-state index contributed by atoms with van der Waals surface area (Å²) in [4.78, 5) is 7.32. The zero-order chi connectivity index (χ0) is 10.8. The molecule has 0 radical (unpaired) electrons. The van der Waals surface area contributed by atoms with Crippen molar-refractivity contribution in [3.8, 4) is 0 Å². The van der Waals surface area contributed by atoms with E-state index < -0.39 is 5.82 Å². The van der Waals surface area contributed by atoms with Crippen LogP contribution in [-0.4, -0.2) is 28.7 Å². The lowest BCUT2D eigenvalue weighted by molar-refractivity contribution is 0.121. The lowest BCUT2D eigenvalue weighted by Gasteiger charge is -2.16. The fourth-order valence-corrected chi connectivity index (χ4v) is 1.68. The van der Waals surface area contributed by atoms with Gasteiger partial charge in [-0.25, -0.2) is 9.37 Å². The number of rotatable bonds is 2. The predicted molar refractivity (Wildman–Crippen MR) is 54.4 cm³/mol. The van der Waals surface area contributed by atoms with Crippen molar-refractivity contribution in [3.05, 3.63) is 17.3 Å². The maximum atomic E-state index is 13.3. The van der Waals surface area contributed by atoms with Gasteiger partial charge < -0.3 is 10.1 Å². The Balaban J connectivity index is 2.12. The summed E-state index contributed by atoms with van der Waals surface area (Å²) in [5, 5.41) is 3.00. The van der Waals surface area contributed by atoms with E-state index in [1.807, 2.05) is 6.92 Å². The van der Waals surface area contributed by atoms with E-state index in [-0.39, 0.29) is 23.2 Å². The van der Waals surface area contributed by atoms with Gasteiger partial charge in [-0.15, -0.1) is 0 Å². The van der Waals surface area contributed by atoms with Gasteiger partial charge in [0.2, 0.25) is 5.28 Å². The molecule has 0 bridgehead atoms. The summed E-state index contributed by atoms with van der Waals surface area (Å²) < 4.78 is 18.6. The molecule has 2 unspecified atom stereocenters. The van der Waals surface area contributed by atoms with Crippen molar-refractivity contribution in [2.45, 2.75) is 25.5 Å². The van der Waals surface area contributed by atoms with Gasteiger partial charge in [0.1, 0.15) is 0 Å². The first kappa shape index (κ1) is 10.6. The average Bonchev–Trinajstić information content (AvgIpc) is 2.58. The molecular formula is C9H11ClFN3O. The maximum absolute atomic E-state index is 13.3. The topological polar surface area (TPSA) is 47.0 Å². The average molecular weight is 232 g/mol. The van der Waals surface area contributed by atoms with Crippen molar-refractivity contribution in [3.63, 3.8) is 0 Å². The third kappa shape index (κ3) is 2.35. The van der Waals surface area contributed by atoms with Gasteiger partial charge in [-0.2, -0.15) is 4.98 Å². The summed E-state index contributed by atoms with van der Waals surface area (Å²) in [7, 11) is 0. The zero-order valence-corrected chi connectivity index (χ0v) is 8.96. The zero-order valence-electron chi connectivity index (χ0n) is 8.20. The highest BCUT2D eigenvalue weighted by Gasteiger charge is 2.25. The van der Waals surface area contributed by atoms with E-state index in [1.54, 1.807) is 0 Å². The van der Waals surface area contributed by atoms with Gasteiger partial charge in [-0.05, 0) is 24.9 Å². The van der Waals surface area contributed by atoms with Gasteiger partial charge >= 0.3 is 0 Å². The molecule has 1 aromatic heterocycles. The molecule has 0 aromatic carbocycles. The van der Waals surface area contributed by atoms with Gasteiger partial charge in [0.15, 0.2) is 11.6 Å². The van der Waals surface area contributed by atoms with E-state index >= 15 is 0 Å². The summed E-state index contributed by atoms with van der Waals surface area (Å²) in [6.07, 6.45) is 1.94. The van der Waals surface area contributed by atoms with E-state index in [1.165, 1.54) is 0 Å². The highest BCUT2D eigenvalue weighted by molar-refractivity contribution is 6.28. The smallest absolute Gasteiger partial charge is 0.224 e. The molecule has 1 fully saturated rings. The molecule has 4 nitrogen and oxygen atoms in total. The Kier molecular flexibility index (Phi) is 3.02. The lowest BCUT2D eigenvalue weighted by atomic mass is 10.1. The molecule has 82 valence electrons. The van der Waals surface area contributed by atoms with Crippen molar-refractivity contribution >= 4 is 17.4 Å². The van der Waals surface area contributed by atoms with Crippen LogP contribution in [0.15, 0.2) is 6.20 Å². The monoisotopic (exact) mass is 231 g/mol. The third-order valence-corrected chi connectivity index (χ3v) is 2.60. The maximum Gasteiger partial charge on any atom is 0.224 e. The molecule has 2 heterocycles. The number of nitrogens with one attached hydrogen (secondary N) is 1. The Hall–Kier alpha value is -0.940. The van der Waals surface area contributed by atoms with Crippen LogP contribution in [0.5, 0.6) is 0 Å². The molecule has 0 spiro atoms. The van der Waals surface area contributed by atoms with Crippen molar-refractivity contribution in [1.29, 1.82) is 0 Å². The van der Waals surface area contributed by atoms with Gasteiger partial charge in [-0.3, -0.25) is 0 Å². The quantitative estimate of drug-likeness (QED) is 0.790. The van der Waals surface area contributed by atoms with E-state index in [0.717, 1.165) is 12.6 Å². The van der Waals surface area contributed by atoms with Crippen LogP contribution >= 0.6 is 11.6 Å². The SMILES string of the molecule is CC1OCCC1Nc1nc(Cl)ncc1F. The standard InChI is InChI=1S/C9H11ClFN3O/c1-5-7(2-3-15-5)13-8-6(11)4-12-9(10)14-8/h4-5,7H,2-3H2,1H3,(H,12,13,14). The largest absolute Gasteiger partial charge is 0.376 e. The Labute approximate surface area is 91.8 Å². The van der Waals surface area contributed by atoms with Crippen molar-refractivity contribution in [1.82, 2.24) is 9.97 Å². The summed E-state index contributed by atoms with van der Waals surface area (Å²) in [5.41, 5.74) is 0. The molecule has 0 saturated carbocycles. The Morgan fingerprint density at radius 1 is 1.67 bits per heavy atom. The van der Waals surface area contributed by atoms with Crippen LogP contribution in [0.25, 0.3) is 0 Å². The highest BCUT2D eigenvalue weighted by Crippen LogP contribution is 2.19. The number of ether oxygens (including phenoxy) is 1. The fourth-order valence-electron chi connectivity index (χ4n) is 1.54. The van der Waals surface area contributed by atoms with Crippen LogP contribution in [0.3, 0.4) is 0 Å². The second-order valence-corrected chi connectivity index (χ2v) is 3.79. The Morgan fingerprint density at radius 3 is 3.13 bits per heavy atom. The molecule has 2 atom stereocenters. The van der Waals surface area contributed by atoms with Crippen LogP contribution < -0.4 is 5.32 Å². The van der Waals surface area contributed by atoms with Gasteiger partial charge in [0.25, 0.3) is 0 Å². The Bertz CT molecular complexity index is 363. The molecule has 0 aliphatic carbocycles. The molecule has 1 aliphatic heterocycles. The summed E-state index contributed by atoms with van der Waals surface area (Å²) in [6, 6.07) is 0.0745. The number of anilines is 1. The highest BCUT2D eigenvalue weighted by atomic mass is 35.5. The minimum atomic E-state index is -0.501. The van der Waals surface area contributed by atoms with Crippen LogP contribution in [0.2, 0.25) is 5.28 Å². The predicted octanol–water partition coefficient (Wildman–Crippen LogP) is 1.86. The van der Waals surface area contributed by atoms with Crippen molar-refractivity contribution in [2.75, 3.05) is 11.9 Å². The van der Waals surface area contributed by atoms with Crippen molar-refractivity contribution in [2.24, 2.45) is 0 Å². The molecule has 1 aliphatic rings.